The van der Waals surface area contributed by atoms with Gasteiger partial charge in [-0.3, -0.25) is 4.79 Å². The normalized spacial score (nSPS) is 13.8. The average molecular weight is 345 g/mol. The fourth-order valence-electron chi connectivity index (χ4n) is 3.38. The van der Waals surface area contributed by atoms with E-state index in [9.17, 15) is 4.79 Å². The van der Waals surface area contributed by atoms with E-state index in [1.165, 1.54) is 5.56 Å². The molecule has 128 valence electrons. The van der Waals surface area contributed by atoms with Gasteiger partial charge in [-0.15, -0.1) is 12.4 Å². The van der Waals surface area contributed by atoms with E-state index in [1.54, 1.807) is 0 Å². The minimum atomic E-state index is -0.184. The number of hydrogen-bond donors (Lipinski definition) is 1. The van der Waals surface area contributed by atoms with Crippen molar-refractivity contribution < 1.29 is 4.79 Å². The number of fused-ring (bicyclic) bond motifs is 1. The van der Waals surface area contributed by atoms with Gasteiger partial charge >= 0.3 is 0 Å². The molecule has 1 aliphatic heterocycles. The van der Waals surface area contributed by atoms with Crippen LogP contribution < -0.4 is 10.6 Å². The number of carbonyl (C=O) groups is 1. The second kappa shape index (κ2) is 7.27. The Morgan fingerprint density at radius 1 is 1.12 bits per heavy atom. The van der Waals surface area contributed by atoms with Crippen molar-refractivity contribution in [1.82, 2.24) is 0 Å². The fourth-order valence-corrected chi connectivity index (χ4v) is 3.38. The van der Waals surface area contributed by atoms with Crippen LogP contribution in [0.25, 0.3) is 0 Å². The third-order valence-electron chi connectivity index (χ3n) is 4.74. The lowest BCUT2D eigenvalue weighted by Gasteiger charge is -2.33. The number of nitrogens with two attached hydrogens (primary N) is 1. The van der Waals surface area contributed by atoms with E-state index in [1.807, 2.05) is 41.3 Å². The number of carbonyl (C=O) groups excluding carboxylic acids is 1. The van der Waals surface area contributed by atoms with Gasteiger partial charge < -0.3 is 10.6 Å². The van der Waals surface area contributed by atoms with Crippen molar-refractivity contribution in [3.8, 4) is 0 Å². The van der Waals surface area contributed by atoms with Gasteiger partial charge in [0.15, 0.2) is 0 Å². The molecule has 0 unspecified atom stereocenters. The first-order valence-electron chi connectivity index (χ1n) is 8.22. The van der Waals surface area contributed by atoms with E-state index in [-0.39, 0.29) is 23.7 Å². The Balaban J connectivity index is 0.00000208. The molecule has 1 aliphatic rings. The van der Waals surface area contributed by atoms with Gasteiger partial charge in [0.05, 0.1) is 0 Å². The summed E-state index contributed by atoms with van der Waals surface area (Å²) in [6.07, 6.45) is 2.41. The van der Waals surface area contributed by atoms with Crippen LogP contribution in [0.4, 0.5) is 11.4 Å². The van der Waals surface area contributed by atoms with Crippen molar-refractivity contribution >= 4 is 29.7 Å². The Morgan fingerprint density at radius 2 is 1.83 bits per heavy atom. The van der Waals surface area contributed by atoms with Crippen LogP contribution in [0.15, 0.2) is 48.5 Å². The summed E-state index contributed by atoms with van der Waals surface area (Å²) in [6, 6.07) is 16.1. The van der Waals surface area contributed by atoms with Crippen molar-refractivity contribution in [2.24, 2.45) is 0 Å². The molecule has 0 atom stereocenters. The Morgan fingerprint density at radius 3 is 2.54 bits per heavy atom. The number of amides is 1. The molecule has 24 heavy (non-hydrogen) atoms. The summed E-state index contributed by atoms with van der Waals surface area (Å²) in [7, 11) is 0. The molecule has 0 radical (unpaired) electrons. The van der Waals surface area contributed by atoms with Gasteiger partial charge in [-0.2, -0.15) is 0 Å². The standard InChI is InChI=1S/C20H24N2O.ClH/c1-20(2,15-8-4-3-5-9-15)14-19(23)22-13-7-10-16-17(21)11-6-12-18(16)22;/h3-6,8-9,11-12H,7,10,13-14,21H2,1-2H3;1H. The van der Waals surface area contributed by atoms with E-state index in [0.717, 1.165) is 36.3 Å². The minimum absolute atomic E-state index is 0. The van der Waals surface area contributed by atoms with Crippen molar-refractivity contribution in [1.29, 1.82) is 0 Å². The van der Waals surface area contributed by atoms with Gasteiger partial charge in [-0.05, 0) is 41.5 Å². The molecular formula is C20H25ClN2O. The summed E-state index contributed by atoms with van der Waals surface area (Å²) in [4.78, 5) is 14.9. The lowest BCUT2D eigenvalue weighted by molar-refractivity contribution is -0.119. The number of hydrogen-bond acceptors (Lipinski definition) is 2. The quantitative estimate of drug-likeness (QED) is 0.842. The van der Waals surface area contributed by atoms with E-state index in [4.69, 9.17) is 5.73 Å². The van der Waals surface area contributed by atoms with E-state index >= 15 is 0 Å². The van der Waals surface area contributed by atoms with Gasteiger partial charge in [0.1, 0.15) is 0 Å². The zero-order valence-electron chi connectivity index (χ0n) is 14.3. The highest BCUT2D eigenvalue weighted by Gasteiger charge is 2.30. The molecule has 0 aromatic heterocycles. The highest BCUT2D eigenvalue weighted by atomic mass is 35.5. The number of nitrogens with zero attached hydrogens (tertiary/aromatic N) is 1. The first kappa shape index (κ1) is 18.3. The molecule has 4 heteroatoms. The van der Waals surface area contributed by atoms with Gasteiger partial charge in [0, 0.05) is 24.3 Å². The highest BCUT2D eigenvalue weighted by Crippen LogP contribution is 2.34. The molecule has 0 saturated carbocycles. The molecular weight excluding hydrogens is 320 g/mol. The summed E-state index contributed by atoms with van der Waals surface area (Å²) in [5.74, 6) is 0.172. The molecule has 1 heterocycles. The van der Waals surface area contributed by atoms with E-state index in [2.05, 4.69) is 26.0 Å². The summed E-state index contributed by atoms with van der Waals surface area (Å²) in [5.41, 5.74) is 9.99. The van der Waals surface area contributed by atoms with E-state index in [0.29, 0.717) is 6.42 Å². The molecule has 3 nitrogen and oxygen atoms in total. The molecule has 2 aromatic carbocycles. The van der Waals surface area contributed by atoms with Crippen molar-refractivity contribution in [2.45, 2.75) is 38.5 Å². The first-order chi connectivity index (χ1) is 11.0. The molecule has 0 fully saturated rings. The van der Waals surface area contributed by atoms with Crippen LogP contribution in [0.5, 0.6) is 0 Å². The smallest absolute Gasteiger partial charge is 0.227 e. The molecule has 0 aliphatic carbocycles. The fraction of sp³-hybridized carbons (Fsp3) is 0.350. The topological polar surface area (TPSA) is 46.3 Å². The second-order valence-corrected chi connectivity index (χ2v) is 6.92. The van der Waals surface area contributed by atoms with Crippen molar-refractivity contribution in [3.05, 3.63) is 59.7 Å². The number of halogens is 1. The van der Waals surface area contributed by atoms with Crippen LogP contribution in [0, 0.1) is 0 Å². The van der Waals surface area contributed by atoms with Crippen molar-refractivity contribution in [2.75, 3.05) is 17.2 Å². The molecule has 1 amide bonds. The molecule has 0 spiro atoms. The second-order valence-electron chi connectivity index (χ2n) is 6.92. The molecule has 0 bridgehead atoms. The Hall–Kier alpha value is -2.00. The van der Waals surface area contributed by atoms with Crippen LogP contribution in [0.2, 0.25) is 0 Å². The van der Waals surface area contributed by atoms with Crippen LogP contribution in [-0.4, -0.2) is 12.5 Å². The van der Waals surface area contributed by atoms with Gasteiger partial charge in [-0.25, -0.2) is 0 Å². The number of anilines is 2. The third kappa shape index (κ3) is 3.57. The highest BCUT2D eigenvalue weighted by molar-refractivity contribution is 5.96. The maximum Gasteiger partial charge on any atom is 0.227 e. The number of rotatable bonds is 3. The van der Waals surface area contributed by atoms with Gasteiger partial charge in [0.2, 0.25) is 5.91 Å². The molecule has 0 saturated heterocycles. The number of nitrogen functional groups attached to an aromatic ring is 1. The minimum Gasteiger partial charge on any atom is -0.398 e. The van der Waals surface area contributed by atoms with Crippen LogP contribution in [0.1, 0.15) is 37.8 Å². The Labute approximate surface area is 150 Å². The Bertz CT molecular complexity index is 713. The van der Waals surface area contributed by atoms with Crippen LogP contribution in [0.3, 0.4) is 0 Å². The predicted octanol–water partition coefficient (Wildman–Crippen LogP) is 4.34. The predicted molar refractivity (Wildman–Crippen MR) is 103 cm³/mol. The van der Waals surface area contributed by atoms with Gasteiger partial charge in [0.25, 0.3) is 0 Å². The van der Waals surface area contributed by atoms with Crippen LogP contribution >= 0.6 is 12.4 Å². The third-order valence-corrected chi connectivity index (χ3v) is 4.74. The van der Waals surface area contributed by atoms with E-state index < -0.39 is 0 Å². The van der Waals surface area contributed by atoms with Gasteiger partial charge in [-0.1, -0.05) is 50.2 Å². The summed E-state index contributed by atoms with van der Waals surface area (Å²) < 4.78 is 0. The largest absolute Gasteiger partial charge is 0.398 e. The monoisotopic (exact) mass is 344 g/mol. The maximum absolute atomic E-state index is 12.9. The molecule has 2 aromatic rings. The number of benzene rings is 2. The van der Waals surface area contributed by atoms with Crippen LogP contribution in [-0.2, 0) is 16.6 Å². The maximum atomic E-state index is 12.9. The Kier molecular flexibility index (Phi) is 5.55. The average Bonchev–Trinajstić information content (AvgIpc) is 2.55. The SMILES string of the molecule is CC(C)(CC(=O)N1CCCc2c(N)cccc21)c1ccccc1.Cl. The van der Waals surface area contributed by atoms with Crippen molar-refractivity contribution in [3.63, 3.8) is 0 Å². The zero-order chi connectivity index (χ0) is 16.4. The zero-order valence-corrected chi connectivity index (χ0v) is 15.1. The summed E-state index contributed by atoms with van der Waals surface area (Å²) in [6.45, 7) is 5.04. The lowest BCUT2D eigenvalue weighted by atomic mass is 9.81. The summed E-state index contributed by atoms with van der Waals surface area (Å²) >= 11 is 0. The molecule has 2 N–H and O–H groups in total. The first-order valence-corrected chi connectivity index (χ1v) is 8.22. The lowest BCUT2D eigenvalue weighted by Crippen LogP contribution is -2.39. The molecule has 3 rings (SSSR count). The summed E-state index contributed by atoms with van der Waals surface area (Å²) in [5, 5.41) is 0.